The summed E-state index contributed by atoms with van der Waals surface area (Å²) in [5.41, 5.74) is 2.52. The highest BCUT2D eigenvalue weighted by Gasteiger charge is 2.22. The molecule has 1 unspecified atom stereocenters. The molecule has 7 heteroatoms. The molecule has 0 aliphatic carbocycles. The fraction of sp³-hybridized carbons (Fsp3) is 0.545. The second kappa shape index (κ2) is 5.96. The van der Waals surface area contributed by atoms with Crippen LogP contribution in [-0.4, -0.2) is 48.3 Å². The Morgan fingerprint density at radius 1 is 1.67 bits per heavy atom. The molecule has 1 aromatic rings. The number of hydrogen-bond acceptors (Lipinski definition) is 6. The minimum absolute atomic E-state index is 0.00913. The van der Waals surface area contributed by atoms with E-state index in [0.29, 0.717) is 31.0 Å². The summed E-state index contributed by atoms with van der Waals surface area (Å²) in [6.07, 6.45) is 1.28. The van der Waals surface area contributed by atoms with Crippen molar-refractivity contribution >= 4 is 5.91 Å². The zero-order valence-electron chi connectivity index (χ0n) is 9.96. The molecular weight excluding hydrogens is 238 g/mol. The van der Waals surface area contributed by atoms with Crippen LogP contribution in [0.25, 0.3) is 0 Å². The first kappa shape index (κ1) is 13.0. The first-order chi connectivity index (χ1) is 8.74. The summed E-state index contributed by atoms with van der Waals surface area (Å²) in [6.45, 7) is 2.40. The summed E-state index contributed by atoms with van der Waals surface area (Å²) in [6, 6.07) is 1.58. The van der Waals surface area contributed by atoms with Crippen molar-refractivity contribution in [1.82, 2.24) is 10.3 Å². The van der Waals surface area contributed by atoms with Gasteiger partial charge in [-0.25, -0.2) is 5.84 Å². The molecule has 1 aromatic heterocycles. The van der Waals surface area contributed by atoms with Crippen molar-refractivity contribution in [2.24, 2.45) is 5.84 Å². The SMILES string of the molecule is NNC(=O)c1ccoc1CN1CCOC(CO)C1. The van der Waals surface area contributed by atoms with Gasteiger partial charge < -0.3 is 14.3 Å². The lowest BCUT2D eigenvalue weighted by Gasteiger charge is -2.31. The van der Waals surface area contributed by atoms with E-state index in [1.54, 1.807) is 6.07 Å². The van der Waals surface area contributed by atoms with Gasteiger partial charge in [-0.2, -0.15) is 0 Å². The number of carbonyl (C=O) groups is 1. The Kier molecular flexibility index (Phi) is 4.32. The number of ether oxygens (including phenoxy) is 1. The highest BCUT2D eigenvalue weighted by molar-refractivity contribution is 5.94. The number of rotatable bonds is 4. The molecule has 1 aliphatic heterocycles. The fourth-order valence-electron chi connectivity index (χ4n) is 1.98. The zero-order chi connectivity index (χ0) is 13.0. The van der Waals surface area contributed by atoms with Crippen LogP contribution in [0.5, 0.6) is 0 Å². The average molecular weight is 255 g/mol. The van der Waals surface area contributed by atoms with Gasteiger partial charge in [-0.15, -0.1) is 0 Å². The van der Waals surface area contributed by atoms with E-state index >= 15 is 0 Å². The molecule has 1 atom stereocenters. The Bertz CT molecular complexity index is 407. The number of carbonyl (C=O) groups excluding carboxylic acids is 1. The second-order valence-electron chi connectivity index (χ2n) is 4.14. The van der Waals surface area contributed by atoms with Crippen molar-refractivity contribution < 1.29 is 19.1 Å². The maximum absolute atomic E-state index is 11.5. The molecule has 7 nitrogen and oxygen atoms in total. The molecule has 0 aromatic carbocycles. The van der Waals surface area contributed by atoms with Gasteiger partial charge in [0.1, 0.15) is 5.76 Å². The number of aliphatic hydroxyl groups excluding tert-OH is 1. The number of amides is 1. The molecule has 1 saturated heterocycles. The number of aliphatic hydroxyl groups is 1. The van der Waals surface area contributed by atoms with Gasteiger partial charge in [0.25, 0.3) is 5.91 Å². The molecule has 2 heterocycles. The summed E-state index contributed by atoms with van der Waals surface area (Å²) in [4.78, 5) is 13.5. The van der Waals surface area contributed by atoms with E-state index in [9.17, 15) is 4.79 Å². The zero-order valence-corrected chi connectivity index (χ0v) is 9.96. The molecule has 0 bridgehead atoms. The first-order valence-electron chi connectivity index (χ1n) is 5.76. The third-order valence-electron chi connectivity index (χ3n) is 2.91. The highest BCUT2D eigenvalue weighted by atomic mass is 16.5. The van der Waals surface area contributed by atoms with Gasteiger partial charge in [0.05, 0.1) is 37.7 Å². The third kappa shape index (κ3) is 2.88. The second-order valence-corrected chi connectivity index (χ2v) is 4.14. The van der Waals surface area contributed by atoms with Crippen LogP contribution < -0.4 is 11.3 Å². The van der Waals surface area contributed by atoms with Crippen LogP contribution in [0.1, 0.15) is 16.1 Å². The number of nitrogens with two attached hydrogens (primary N) is 1. The monoisotopic (exact) mass is 255 g/mol. The van der Waals surface area contributed by atoms with Crippen LogP contribution in [0, 0.1) is 0 Å². The lowest BCUT2D eigenvalue weighted by molar-refractivity contribution is -0.0564. The molecular formula is C11H17N3O4. The number of hydrogen-bond donors (Lipinski definition) is 3. The topological polar surface area (TPSA) is 101 Å². The fourth-order valence-corrected chi connectivity index (χ4v) is 1.98. The molecule has 4 N–H and O–H groups in total. The molecule has 0 saturated carbocycles. The highest BCUT2D eigenvalue weighted by Crippen LogP contribution is 2.15. The summed E-state index contributed by atoms with van der Waals surface area (Å²) in [5, 5.41) is 9.06. The lowest BCUT2D eigenvalue weighted by atomic mass is 10.2. The van der Waals surface area contributed by atoms with Gasteiger partial charge in [0, 0.05) is 13.1 Å². The number of furan rings is 1. The van der Waals surface area contributed by atoms with Gasteiger partial charge in [-0.1, -0.05) is 0 Å². The Hall–Kier alpha value is -1.41. The van der Waals surface area contributed by atoms with Crippen molar-refractivity contribution in [3.05, 3.63) is 23.7 Å². The number of nitrogens with one attached hydrogen (secondary N) is 1. The molecule has 1 aliphatic rings. The van der Waals surface area contributed by atoms with Crippen molar-refractivity contribution in [1.29, 1.82) is 0 Å². The van der Waals surface area contributed by atoms with E-state index in [-0.39, 0.29) is 18.6 Å². The van der Waals surface area contributed by atoms with Gasteiger partial charge in [-0.3, -0.25) is 15.1 Å². The predicted molar refractivity (Wildman–Crippen MR) is 62.5 cm³/mol. The number of hydrazine groups is 1. The average Bonchev–Trinajstić information content (AvgIpc) is 2.86. The van der Waals surface area contributed by atoms with Crippen molar-refractivity contribution in [3.8, 4) is 0 Å². The van der Waals surface area contributed by atoms with E-state index < -0.39 is 0 Å². The molecule has 0 radical (unpaired) electrons. The number of nitrogen functional groups attached to an aromatic ring is 1. The maximum Gasteiger partial charge on any atom is 0.268 e. The molecule has 1 fully saturated rings. The number of nitrogens with zero attached hydrogens (tertiary/aromatic N) is 1. The summed E-state index contributed by atoms with van der Waals surface area (Å²) in [7, 11) is 0. The van der Waals surface area contributed by atoms with Crippen LogP contribution in [0.4, 0.5) is 0 Å². The minimum Gasteiger partial charge on any atom is -0.467 e. The molecule has 2 rings (SSSR count). The van der Waals surface area contributed by atoms with Crippen LogP contribution in [0.2, 0.25) is 0 Å². The Balaban J connectivity index is 2.00. The van der Waals surface area contributed by atoms with Crippen molar-refractivity contribution in [2.75, 3.05) is 26.3 Å². The lowest BCUT2D eigenvalue weighted by Crippen LogP contribution is -2.43. The number of morpholine rings is 1. The third-order valence-corrected chi connectivity index (χ3v) is 2.91. The Morgan fingerprint density at radius 2 is 2.50 bits per heavy atom. The largest absolute Gasteiger partial charge is 0.467 e. The van der Waals surface area contributed by atoms with E-state index in [2.05, 4.69) is 10.3 Å². The Labute approximate surface area is 104 Å². The molecule has 100 valence electrons. The van der Waals surface area contributed by atoms with Crippen LogP contribution >= 0.6 is 0 Å². The first-order valence-corrected chi connectivity index (χ1v) is 5.76. The molecule has 18 heavy (non-hydrogen) atoms. The Morgan fingerprint density at radius 3 is 3.22 bits per heavy atom. The molecule has 0 spiro atoms. The van der Waals surface area contributed by atoms with Crippen LogP contribution in [0.15, 0.2) is 16.7 Å². The normalized spacial score (nSPS) is 20.9. The minimum atomic E-state index is -0.370. The van der Waals surface area contributed by atoms with E-state index in [1.807, 2.05) is 0 Å². The summed E-state index contributed by atoms with van der Waals surface area (Å²) < 4.78 is 10.7. The van der Waals surface area contributed by atoms with Gasteiger partial charge >= 0.3 is 0 Å². The van der Waals surface area contributed by atoms with Gasteiger partial charge in [0.2, 0.25) is 0 Å². The van der Waals surface area contributed by atoms with Gasteiger partial charge in [-0.05, 0) is 6.07 Å². The predicted octanol–water partition coefficient (Wildman–Crippen LogP) is -0.924. The van der Waals surface area contributed by atoms with E-state index in [1.165, 1.54) is 6.26 Å². The van der Waals surface area contributed by atoms with Gasteiger partial charge in [0.15, 0.2) is 0 Å². The summed E-state index contributed by atoms with van der Waals surface area (Å²) in [5.74, 6) is 5.30. The van der Waals surface area contributed by atoms with E-state index in [4.69, 9.17) is 20.1 Å². The maximum atomic E-state index is 11.5. The van der Waals surface area contributed by atoms with Crippen LogP contribution in [-0.2, 0) is 11.3 Å². The smallest absolute Gasteiger partial charge is 0.268 e. The molecule has 1 amide bonds. The van der Waals surface area contributed by atoms with Crippen LogP contribution in [0.3, 0.4) is 0 Å². The summed E-state index contributed by atoms with van der Waals surface area (Å²) >= 11 is 0. The van der Waals surface area contributed by atoms with E-state index in [0.717, 1.165) is 6.54 Å². The van der Waals surface area contributed by atoms with Crippen molar-refractivity contribution in [3.63, 3.8) is 0 Å². The van der Waals surface area contributed by atoms with Crippen molar-refractivity contribution in [2.45, 2.75) is 12.6 Å². The quantitative estimate of drug-likeness (QED) is 0.365. The standard InChI is InChI=1S/C11H17N3O4/c12-13-11(16)9-1-3-18-10(9)6-14-2-4-17-8(5-14)7-15/h1,3,8,15H,2,4-7,12H2,(H,13,16).